The van der Waals surface area contributed by atoms with Gasteiger partial charge in [-0.15, -0.1) is 0 Å². The molecule has 0 aliphatic rings. The molecular weight excluding hydrogens is 625 g/mol. The Morgan fingerprint density at radius 3 is 1.13 bits per heavy atom. The molecule has 0 fully saturated rings. The molecule has 0 saturated heterocycles. The molecule has 0 spiro atoms. The molecule has 4 aromatic rings. The van der Waals surface area contributed by atoms with Gasteiger partial charge in [0.1, 0.15) is 23.0 Å². The van der Waals surface area contributed by atoms with Gasteiger partial charge >= 0.3 is 0 Å². The summed E-state index contributed by atoms with van der Waals surface area (Å²) in [4.78, 5) is 0.734. The number of hydrogen-bond donors (Lipinski definition) is 1. The van der Waals surface area contributed by atoms with E-state index >= 15 is 0 Å². The fourth-order valence-corrected chi connectivity index (χ4v) is 7.12. The van der Waals surface area contributed by atoms with E-state index in [2.05, 4.69) is 13.8 Å². The minimum absolute atomic E-state index is 0.0129. The number of sulfone groups is 2. The van der Waals surface area contributed by atoms with Crippen molar-refractivity contribution in [1.82, 2.24) is 0 Å². The Balaban J connectivity index is 1.08. The fraction of sp³-hybridized carbons (Fsp3) is 0.333. The highest BCUT2D eigenvalue weighted by atomic mass is 32.2. The fourth-order valence-electron chi connectivity index (χ4n) is 4.60. The normalized spacial score (nSPS) is 11.8. The van der Waals surface area contributed by atoms with Crippen LogP contribution in [0.5, 0.6) is 23.0 Å². The maximum atomic E-state index is 13.0. The molecule has 10 heteroatoms. The molecule has 0 saturated carbocycles. The molecule has 8 nitrogen and oxygen atoms in total. The maximum Gasteiger partial charge on any atom is 0.206 e. The lowest BCUT2D eigenvalue weighted by molar-refractivity contribution is 0.271. The van der Waals surface area contributed by atoms with Crippen molar-refractivity contribution in [3.8, 4) is 23.0 Å². The van der Waals surface area contributed by atoms with Gasteiger partial charge in [-0.1, -0.05) is 39.5 Å². The number of rotatable bonds is 18. The third kappa shape index (κ3) is 9.99. The Kier molecular flexibility index (Phi) is 12.5. The second kappa shape index (κ2) is 16.5. The van der Waals surface area contributed by atoms with Crippen molar-refractivity contribution in [2.45, 2.75) is 72.0 Å². The van der Waals surface area contributed by atoms with Gasteiger partial charge in [-0.3, -0.25) is 0 Å². The van der Waals surface area contributed by atoms with Crippen LogP contribution in [0.2, 0.25) is 0 Å². The van der Waals surface area contributed by atoms with E-state index in [0.717, 1.165) is 38.5 Å². The number of phenolic OH excluding ortho intramolecular Hbond substituents is 1. The first kappa shape index (κ1) is 34.8. The third-order valence-corrected chi connectivity index (χ3v) is 10.8. The third-order valence-electron chi connectivity index (χ3n) is 7.21. The SMILES string of the molecule is CC(C)COc1ccc(S(=O)(=O)c2ccc(OCCCCCCCCOc3ccc(S(=O)(=O)c4ccc(O)cc4)cc3)cc2)cc1. The predicted molar refractivity (Wildman–Crippen MR) is 177 cm³/mol. The van der Waals surface area contributed by atoms with Crippen LogP contribution in [-0.2, 0) is 19.7 Å². The average molecular weight is 667 g/mol. The van der Waals surface area contributed by atoms with Crippen molar-refractivity contribution in [2.75, 3.05) is 19.8 Å². The van der Waals surface area contributed by atoms with Gasteiger partial charge in [0, 0.05) is 0 Å². The predicted octanol–water partition coefficient (Wildman–Crippen LogP) is 7.89. The molecule has 0 heterocycles. The zero-order chi connectivity index (χ0) is 33.0. The number of ether oxygens (including phenoxy) is 3. The molecule has 0 radical (unpaired) electrons. The van der Waals surface area contributed by atoms with E-state index in [-0.39, 0.29) is 25.3 Å². The molecule has 0 aliphatic heterocycles. The molecule has 0 unspecified atom stereocenters. The van der Waals surface area contributed by atoms with Crippen LogP contribution in [0.1, 0.15) is 52.4 Å². The summed E-state index contributed by atoms with van der Waals surface area (Å²) >= 11 is 0. The van der Waals surface area contributed by atoms with Crippen LogP contribution in [0.3, 0.4) is 0 Å². The first-order valence-corrected chi connectivity index (χ1v) is 18.5. The Morgan fingerprint density at radius 1 is 0.478 bits per heavy atom. The summed E-state index contributed by atoms with van der Waals surface area (Å²) in [5, 5.41) is 9.40. The summed E-state index contributed by atoms with van der Waals surface area (Å²) in [6, 6.07) is 24.9. The smallest absolute Gasteiger partial charge is 0.206 e. The molecule has 0 aromatic heterocycles. The van der Waals surface area contributed by atoms with Gasteiger partial charge in [-0.2, -0.15) is 0 Å². The highest BCUT2D eigenvalue weighted by Gasteiger charge is 2.19. The Labute approximate surface area is 272 Å². The van der Waals surface area contributed by atoms with Crippen LogP contribution in [0.15, 0.2) is 117 Å². The highest BCUT2D eigenvalue weighted by molar-refractivity contribution is 7.91. The Morgan fingerprint density at radius 2 is 0.783 bits per heavy atom. The van der Waals surface area contributed by atoms with Crippen molar-refractivity contribution < 1.29 is 36.2 Å². The Bertz CT molecular complexity index is 1710. The maximum absolute atomic E-state index is 13.0. The van der Waals surface area contributed by atoms with Crippen LogP contribution in [0, 0.1) is 5.92 Å². The van der Waals surface area contributed by atoms with Crippen LogP contribution in [-0.4, -0.2) is 41.8 Å². The summed E-state index contributed by atoms with van der Waals surface area (Å²) in [6.45, 7) is 5.80. The van der Waals surface area contributed by atoms with E-state index < -0.39 is 19.7 Å². The van der Waals surface area contributed by atoms with Crippen LogP contribution >= 0.6 is 0 Å². The van der Waals surface area contributed by atoms with Crippen molar-refractivity contribution >= 4 is 19.7 Å². The molecule has 0 bridgehead atoms. The second-order valence-electron chi connectivity index (χ2n) is 11.4. The molecule has 0 aliphatic carbocycles. The molecule has 0 amide bonds. The van der Waals surface area contributed by atoms with Gasteiger partial charge in [-0.05, 0) is 116 Å². The van der Waals surface area contributed by atoms with Gasteiger partial charge in [-0.25, -0.2) is 16.8 Å². The molecule has 4 rings (SSSR count). The molecule has 246 valence electrons. The minimum atomic E-state index is -3.65. The summed E-state index contributed by atoms with van der Waals surface area (Å²) in [5.74, 6) is 2.30. The van der Waals surface area contributed by atoms with Gasteiger partial charge in [0.25, 0.3) is 0 Å². The van der Waals surface area contributed by atoms with E-state index in [9.17, 15) is 21.9 Å². The van der Waals surface area contributed by atoms with Gasteiger partial charge in [0.15, 0.2) is 0 Å². The molecule has 4 aromatic carbocycles. The molecule has 46 heavy (non-hydrogen) atoms. The van der Waals surface area contributed by atoms with Crippen molar-refractivity contribution in [1.29, 1.82) is 0 Å². The molecular formula is C36H42O8S2. The first-order valence-electron chi connectivity index (χ1n) is 15.5. The Hall–Kier alpha value is -4.02. The van der Waals surface area contributed by atoms with Crippen LogP contribution in [0.25, 0.3) is 0 Å². The second-order valence-corrected chi connectivity index (χ2v) is 15.3. The molecule has 1 N–H and O–H groups in total. The van der Waals surface area contributed by atoms with E-state index in [1.807, 2.05) is 0 Å². The largest absolute Gasteiger partial charge is 0.508 e. The van der Waals surface area contributed by atoms with Crippen LogP contribution in [0.4, 0.5) is 0 Å². The topological polar surface area (TPSA) is 116 Å². The first-order chi connectivity index (χ1) is 22.1. The summed E-state index contributed by atoms with van der Waals surface area (Å²) in [7, 11) is -7.28. The average Bonchev–Trinajstić information content (AvgIpc) is 3.05. The lowest BCUT2D eigenvalue weighted by Gasteiger charge is -2.10. The quantitative estimate of drug-likeness (QED) is 0.107. The summed E-state index contributed by atoms with van der Waals surface area (Å²) in [5.41, 5.74) is 0. The van der Waals surface area contributed by atoms with E-state index in [0.29, 0.717) is 43.0 Å². The highest BCUT2D eigenvalue weighted by Crippen LogP contribution is 2.26. The zero-order valence-corrected chi connectivity index (χ0v) is 27.9. The van der Waals surface area contributed by atoms with Crippen LogP contribution < -0.4 is 14.2 Å². The lowest BCUT2D eigenvalue weighted by atomic mass is 10.1. The van der Waals surface area contributed by atoms with Gasteiger partial charge < -0.3 is 19.3 Å². The number of aromatic hydroxyl groups is 1. The van der Waals surface area contributed by atoms with E-state index in [4.69, 9.17) is 14.2 Å². The standard InChI is InChI=1S/C36H42O8S2/c1-28(2)27-44-32-15-23-36(24-16-32)46(40,41)35-21-13-31(14-22-35)43-26-8-6-4-3-5-7-25-42-30-11-19-34(20-12-30)45(38,39)33-17-9-29(37)10-18-33/h9-24,28,37H,3-8,25-27H2,1-2H3. The van der Waals surface area contributed by atoms with E-state index in [1.165, 1.54) is 36.4 Å². The van der Waals surface area contributed by atoms with Crippen molar-refractivity contribution in [2.24, 2.45) is 5.92 Å². The van der Waals surface area contributed by atoms with Gasteiger partial charge in [0.05, 0.1) is 39.4 Å². The summed E-state index contributed by atoms with van der Waals surface area (Å²) < 4.78 is 68.7. The minimum Gasteiger partial charge on any atom is -0.508 e. The summed E-state index contributed by atoms with van der Waals surface area (Å²) in [6.07, 6.45) is 6.01. The monoisotopic (exact) mass is 666 g/mol. The number of benzene rings is 4. The van der Waals surface area contributed by atoms with E-state index in [1.54, 1.807) is 60.7 Å². The number of phenols is 1. The van der Waals surface area contributed by atoms with Crippen molar-refractivity contribution in [3.63, 3.8) is 0 Å². The zero-order valence-electron chi connectivity index (χ0n) is 26.3. The molecule has 0 atom stereocenters. The van der Waals surface area contributed by atoms with Gasteiger partial charge in [0.2, 0.25) is 19.7 Å². The van der Waals surface area contributed by atoms with Crippen molar-refractivity contribution in [3.05, 3.63) is 97.1 Å². The number of unbranched alkanes of at least 4 members (excludes halogenated alkanes) is 5. The number of hydrogen-bond acceptors (Lipinski definition) is 8. The lowest BCUT2D eigenvalue weighted by Crippen LogP contribution is -2.05.